The fraction of sp³-hybridized carbons (Fsp3) is 0.0588. The SMILES string of the molecule is C/C=C\C(=C/C)Sc1c2ccccccccc2c(Sc2ccccc2)c2cc3ccccc3cc12. The lowest BCUT2D eigenvalue weighted by Crippen LogP contribution is -1.88. The van der Waals surface area contributed by atoms with Crippen LogP contribution in [0, 0.1) is 0 Å². The van der Waals surface area contributed by atoms with Crippen molar-refractivity contribution < 1.29 is 0 Å². The van der Waals surface area contributed by atoms with E-state index in [0.29, 0.717) is 0 Å². The first-order chi connectivity index (χ1) is 17.8. The van der Waals surface area contributed by atoms with Gasteiger partial charge in [-0.3, -0.25) is 0 Å². The van der Waals surface area contributed by atoms with Crippen molar-refractivity contribution in [1.29, 1.82) is 0 Å². The monoisotopic (exact) mass is 500 g/mol. The summed E-state index contributed by atoms with van der Waals surface area (Å²) in [5.41, 5.74) is 0. The average molecular weight is 501 g/mol. The van der Waals surface area contributed by atoms with E-state index in [-0.39, 0.29) is 0 Å². The maximum Gasteiger partial charge on any atom is 0.0280 e. The number of thioether (sulfide) groups is 1. The molecule has 36 heavy (non-hydrogen) atoms. The van der Waals surface area contributed by atoms with Crippen molar-refractivity contribution in [2.75, 3.05) is 0 Å². The molecule has 176 valence electrons. The topological polar surface area (TPSA) is 0 Å². The van der Waals surface area contributed by atoms with Crippen LogP contribution in [-0.2, 0) is 0 Å². The molecule has 0 unspecified atom stereocenters. The molecular formula is C34H28S2. The van der Waals surface area contributed by atoms with Gasteiger partial charge in [-0.1, -0.05) is 133 Å². The molecule has 0 N–H and O–H groups in total. The second-order valence-corrected chi connectivity index (χ2v) is 10.6. The Morgan fingerprint density at radius 1 is 0.556 bits per heavy atom. The zero-order valence-electron chi connectivity index (χ0n) is 20.5. The molecule has 5 rings (SSSR count). The second-order valence-electron chi connectivity index (χ2n) is 8.43. The molecule has 0 saturated carbocycles. The van der Waals surface area contributed by atoms with Crippen molar-refractivity contribution in [3.63, 3.8) is 0 Å². The molecule has 5 aromatic carbocycles. The second kappa shape index (κ2) is 11.5. The molecule has 5 aromatic rings. The van der Waals surface area contributed by atoms with Crippen LogP contribution in [0.4, 0.5) is 0 Å². The fourth-order valence-electron chi connectivity index (χ4n) is 4.34. The summed E-state index contributed by atoms with van der Waals surface area (Å²) in [6.07, 6.45) is 6.50. The maximum atomic E-state index is 2.37. The van der Waals surface area contributed by atoms with Gasteiger partial charge in [0.25, 0.3) is 0 Å². The standard InChI is InChI=1S/C34H28S2/c1-3-16-27(4-2)35-33-29-21-12-7-5-6-8-13-22-30(29)34(36-28-19-10-9-11-20-28)32-24-26-18-15-14-17-25(26)23-31(32)33/h3-24H,1-2H3/b6-5?,7-5?,8-6?,12-7?,13-8?,16-3-,21-12?,22-13?,27-4+,29-21?,30-22?. The molecule has 0 atom stereocenters. The summed E-state index contributed by atoms with van der Waals surface area (Å²) in [4.78, 5) is 5.05. The third kappa shape index (κ3) is 5.21. The zero-order chi connectivity index (χ0) is 24.7. The molecule has 0 bridgehead atoms. The molecule has 0 aliphatic rings. The summed E-state index contributed by atoms with van der Waals surface area (Å²) in [5.74, 6) is 0. The highest BCUT2D eigenvalue weighted by molar-refractivity contribution is 8.03. The molecule has 0 spiro atoms. The fourth-order valence-corrected chi connectivity index (χ4v) is 6.56. The van der Waals surface area contributed by atoms with Gasteiger partial charge in [-0.2, -0.15) is 0 Å². The van der Waals surface area contributed by atoms with Gasteiger partial charge in [0.15, 0.2) is 0 Å². The third-order valence-corrected chi connectivity index (χ3v) is 8.44. The number of benzene rings is 4. The van der Waals surface area contributed by atoms with Crippen molar-refractivity contribution in [1.82, 2.24) is 0 Å². The van der Waals surface area contributed by atoms with E-state index in [1.807, 2.05) is 23.5 Å². The molecule has 0 nitrogen and oxygen atoms in total. The molecule has 0 aromatic heterocycles. The summed E-state index contributed by atoms with van der Waals surface area (Å²) in [6, 6.07) is 41.3. The first-order valence-corrected chi connectivity index (χ1v) is 13.8. The number of allylic oxidation sites excluding steroid dienone is 3. The van der Waals surface area contributed by atoms with Gasteiger partial charge in [0, 0.05) is 19.6 Å². The summed E-state index contributed by atoms with van der Waals surface area (Å²) in [6.45, 7) is 4.19. The minimum Gasteiger partial charge on any atom is -0.0892 e. The van der Waals surface area contributed by atoms with Crippen LogP contribution >= 0.6 is 23.5 Å². The van der Waals surface area contributed by atoms with Crippen LogP contribution in [0.3, 0.4) is 0 Å². The molecule has 0 aliphatic heterocycles. The van der Waals surface area contributed by atoms with Gasteiger partial charge in [0.05, 0.1) is 0 Å². The first-order valence-electron chi connectivity index (χ1n) is 12.2. The summed E-state index contributed by atoms with van der Waals surface area (Å²) < 4.78 is 0. The molecule has 0 heterocycles. The lowest BCUT2D eigenvalue weighted by Gasteiger charge is -2.17. The van der Waals surface area contributed by atoms with Gasteiger partial charge >= 0.3 is 0 Å². The lowest BCUT2D eigenvalue weighted by atomic mass is 10.00. The van der Waals surface area contributed by atoms with Gasteiger partial charge in [0.2, 0.25) is 0 Å². The van der Waals surface area contributed by atoms with Gasteiger partial charge in [-0.25, -0.2) is 0 Å². The average Bonchev–Trinajstić information content (AvgIpc) is 2.92. The normalized spacial score (nSPS) is 11.9. The van der Waals surface area contributed by atoms with Gasteiger partial charge in [-0.05, 0) is 70.4 Å². The van der Waals surface area contributed by atoms with Gasteiger partial charge in [-0.15, -0.1) is 0 Å². The third-order valence-electron chi connectivity index (χ3n) is 6.03. The zero-order valence-corrected chi connectivity index (χ0v) is 22.2. The minimum atomic E-state index is 1.24. The van der Waals surface area contributed by atoms with E-state index in [2.05, 4.69) is 147 Å². The van der Waals surface area contributed by atoms with Crippen LogP contribution in [0.15, 0.2) is 153 Å². The van der Waals surface area contributed by atoms with Crippen LogP contribution < -0.4 is 0 Å². The number of hydrogen-bond donors (Lipinski definition) is 0. The van der Waals surface area contributed by atoms with E-state index >= 15 is 0 Å². The predicted octanol–water partition coefficient (Wildman–Crippen LogP) is 11.0. The Hall–Kier alpha value is -3.46. The highest BCUT2D eigenvalue weighted by atomic mass is 32.2. The van der Waals surface area contributed by atoms with Crippen LogP contribution in [0.2, 0.25) is 0 Å². The van der Waals surface area contributed by atoms with E-state index in [1.165, 1.54) is 51.9 Å². The van der Waals surface area contributed by atoms with Crippen LogP contribution in [-0.4, -0.2) is 0 Å². The summed E-state index contributed by atoms with van der Waals surface area (Å²) in [7, 11) is 0. The van der Waals surface area contributed by atoms with E-state index in [1.54, 1.807) is 0 Å². The van der Waals surface area contributed by atoms with Crippen LogP contribution in [0.5, 0.6) is 0 Å². The molecule has 0 amide bonds. The lowest BCUT2D eigenvalue weighted by molar-refractivity contribution is 1.45. The molecule has 0 aliphatic carbocycles. The summed E-state index contributed by atoms with van der Waals surface area (Å²) >= 11 is 3.69. The molecule has 2 heteroatoms. The summed E-state index contributed by atoms with van der Waals surface area (Å²) in [5, 5.41) is 7.60. The number of rotatable bonds is 5. The van der Waals surface area contributed by atoms with Gasteiger partial charge in [0.1, 0.15) is 0 Å². The predicted molar refractivity (Wildman–Crippen MR) is 162 cm³/mol. The Labute approximate surface area is 222 Å². The highest BCUT2D eigenvalue weighted by Crippen LogP contribution is 2.47. The molecule has 0 saturated heterocycles. The van der Waals surface area contributed by atoms with Crippen molar-refractivity contribution in [3.05, 3.63) is 138 Å². The first kappa shape index (κ1) is 24.2. The Bertz CT molecular complexity index is 1630. The van der Waals surface area contributed by atoms with Crippen molar-refractivity contribution in [2.45, 2.75) is 28.5 Å². The molecule has 0 radical (unpaired) electrons. The molecule has 0 fully saturated rings. The smallest absolute Gasteiger partial charge is 0.0280 e. The minimum absolute atomic E-state index is 1.24. The Kier molecular flexibility index (Phi) is 7.76. The Balaban J connectivity index is 1.96. The maximum absolute atomic E-state index is 2.37. The van der Waals surface area contributed by atoms with E-state index in [9.17, 15) is 0 Å². The van der Waals surface area contributed by atoms with Crippen LogP contribution in [0.25, 0.3) is 32.3 Å². The number of fused-ring (bicyclic) bond motifs is 3. The molecular weight excluding hydrogens is 473 g/mol. The Morgan fingerprint density at radius 2 is 1.06 bits per heavy atom. The van der Waals surface area contributed by atoms with Crippen molar-refractivity contribution >= 4 is 55.8 Å². The van der Waals surface area contributed by atoms with E-state index < -0.39 is 0 Å². The number of hydrogen-bond acceptors (Lipinski definition) is 2. The van der Waals surface area contributed by atoms with E-state index in [4.69, 9.17) is 0 Å². The Morgan fingerprint density at radius 3 is 1.67 bits per heavy atom. The highest BCUT2D eigenvalue weighted by Gasteiger charge is 2.16. The van der Waals surface area contributed by atoms with Crippen LogP contribution in [0.1, 0.15) is 13.8 Å². The quantitative estimate of drug-likeness (QED) is 0.134. The largest absolute Gasteiger partial charge is 0.0892 e. The van der Waals surface area contributed by atoms with Crippen molar-refractivity contribution in [2.24, 2.45) is 0 Å². The van der Waals surface area contributed by atoms with E-state index in [0.717, 1.165) is 0 Å². The van der Waals surface area contributed by atoms with Crippen molar-refractivity contribution in [3.8, 4) is 0 Å². The van der Waals surface area contributed by atoms with Gasteiger partial charge < -0.3 is 0 Å².